The molecule has 0 aliphatic rings. The average molecular weight is 455 g/mol. The van der Waals surface area contributed by atoms with Crippen LogP contribution in [0.5, 0.6) is 11.5 Å². The highest BCUT2D eigenvalue weighted by molar-refractivity contribution is 6.42. The van der Waals surface area contributed by atoms with E-state index in [0.717, 1.165) is 5.56 Å². The second-order valence-electron chi connectivity index (χ2n) is 6.39. The normalized spacial score (nSPS) is 11.0. The molecule has 3 aromatic rings. The van der Waals surface area contributed by atoms with Crippen LogP contribution in [0.25, 0.3) is 11.6 Å². The van der Waals surface area contributed by atoms with E-state index in [1.165, 1.54) is 31.4 Å². The molecule has 0 N–H and O–H groups in total. The molecule has 0 bridgehead atoms. The zero-order chi connectivity index (χ0) is 22.4. The second kappa shape index (κ2) is 9.98. The molecule has 0 saturated carbocycles. The molecule has 0 spiro atoms. The molecular weight excluding hydrogens is 439 g/mol. The van der Waals surface area contributed by atoms with Gasteiger partial charge in [0.1, 0.15) is 6.61 Å². The Hall–Kier alpha value is -3.53. The number of methoxy groups -OCH3 is 1. The van der Waals surface area contributed by atoms with Gasteiger partial charge in [-0.25, -0.2) is 0 Å². The van der Waals surface area contributed by atoms with Crippen LogP contribution in [-0.2, 0) is 6.61 Å². The third kappa shape index (κ3) is 5.34. The number of allylic oxidation sites excluding steroid dienone is 1. The van der Waals surface area contributed by atoms with Gasteiger partial charge in [-0.2, -0.15) is 5.26 Å². The molecule has 3 rings (SSSR count). The maximum absolute atomic E-state index is 10.9. The molecule has 8 heteroatoms. The van der Waals surface area contributed by atoms with E-state index in [9.17, 15) is 15.4 Å². The van der Waals surface area contributed by atoms with Gasteiger partial charge in [0.05, 0.1) is 33.7 Å². The van der Waals surface area contributed by atoms with Gasteiger partial charge in [-0.05, 0) is 47.5 Å². The second-order valence-corrected chi connectivity index (χ2v) is 7.20. The zero-order valence-corrected chi connectivity index (χ0v) is 17.9. The number of non-ortho nitro benzene ring substituents is 1. The molecule has 6 nitrogen and oxygen atoms in total. The third-order valence-corrected chi connectivity index (χ3v) is 5.14. The number of nitro benzene ring substituents is 1. The monoisotopic (exact) mass is 454 g/mol. The van der Waals surface area contributed by atoms with Crippen LogP contribution in [0.3, 0.4) is 0 Å². The number of hydrogen-bond acceptors (Lipinski definition) is 5. The molecular formula is C23H16Cl2N2O4. The van der Waals surface area contributed by atoms with E-state index in [-0.39, 0.29) is 12.3 Å². The lowest BCUT2D eigenvalue weighted by Crippen LogP contribution is -2.00. The third-order valence-electron chi connectivity index (χ3n) is 4.41. The molecule has 0 aromatic heterocycles. The summed E-state index contributed by atoms with van der Waals surface area (Å²) in [7, 11) is 1.52. The van der Waals surface area contributed by atoms with Gasteiger partial charge >= 0.3 is 0 Å². The lowest BCUT2D eigenvalue weighted by atomic mass is 10.0. The van der Waals surface area contributed by atoms with Gasteiger partial charge in [0.15, 0.2) is 11.5 Å². The van der Waals surface area contributed by atoms with Crippen molar-refractivity contribution in [3.63, 3.8) is 0 Å². The minimum atomic E-state index is -0.490. The predicted octanol–water partition coefficient (Wildman–Crippen LogP) is 6.55. The molecule has 0 atom stereocenters. The lowest BCUT2D eigenvalue weighted by molar-refractivity contribution is -0.384. The van der Waals surface area contributed by atoms with Crippen LogP contribution < -0.4 is 9.47 Å². The van der Waals surface area contributed by atoms with Crippen molar-refractivity contribution in [3.8, 4) is 17.6 Å². The summed E-state index contributed by atoms with van der Waals surface area (Å²) in [5.74, 6) is 0.945. The quantitative estimate of drug-likeness (QED) is 0.174. The number of halogens is 2. The SMILES string of the molecule is COc1cccc(C=C(C#N)c2ccc([N+](=O)[O-])cc2)c1OCc1ccc(Cl)c(Cl)c1. The van der Waals surface area contributed by atoms with E-state index in [2.05, 4.69) is 6.07 Å². The topological polar surface area (TPSA) is 85.4 Å². The fraction of sp³-hybridized carbons (Fsp3) is 0.0870. The Morgan fingerprint density at radius 3 is 2.48 bits per heavy atom. The fourth-order valence-electron chi connectivity index (χ4n) is 2.84. The number of hydrogen-bond donors (Lipinski definition) is 0. The van der Waals surface area contributed by atoms with Crippen molar-refractivity contribution in [2.75, 3.05) is 7.11 Å². The number of nitrogens with zero attached hydrogens (tertiary/aromatic N) is 2. The molecule has 0 unspecified atom stereocenters. The number of nitro groups is 1. The lowest BCUT2D eigenvalue weighted by Gasteiger charge is -2.14. The van der Waals surface area contributed by atoms with Gasteiger partial charge in [0, 0.05) is 17.7 Å². The molecule has 0 amide bonds. The molecule has 31 heavy (non-hydrogen) atoms. The largest absolute Gasteiger partial charge is 0.493 e. The predicted molar refractivity (Wildman–Crippen MR) is 120 cm³/mol. The Bertz CT molecular complexity index is 1190. The first kappa shape index (κ1) is 22.2. The number of nitriles is 1. The van der Waals surface area contributed by atoms with Gasteiger partial charge < -0.3 is 9.47 Å². The summed E-state index contributed by atoms with van der Waals surface area (Å²) in [5.41, 5.74) is 2.25. The molecule has 0 radical (unpaired) electrons. The van der Waals surface area contributed by atoms with Crippen LogP contribution in [0.2, 0.25) is 10.0 Å². The zero-order valence-electron chi connectivity index (χ0n) is 16.3. The molecule has 0 saturated heterocycles. The van der Waals surface area contributed by atoms with Crippen molar-refractivity contribution in [2.45, 2.75) is 6.61 Å². The van der Waals surface area contributed by atoms with Crippen LogP contribution in [0.1, 0.15) is 16.7 Å². The van der Waals surface area contributed by atoms with Gasteiger partial charge in [0.25, 0.3) is 5.69 Å². The fourth-order valence-corrected chi connectivity index (χ4v) is 3.17. The average Bonchev–Trinajstić information content (AvgIpc) is 2.78. The van der Waals surface area contributed by atoms with Crippen molar-refractivity contribution in [2.24, 2.45) is 0 Å². The van der Waals surface area contributed by atoms with E-state index < -0.39 is 4.92 Å². The van der Waals surface area contributed by atoms with Crippen LogP contribution >= 0.6 is 23.2 Å². The van der Waals surface area contributed by atoms with Crippen molar-refractivity contribution < 1.29 is 14.4 Å². The summed E-state index contributed by atoms with van der Waals surface area (Å²) in [6.45, 7) is 0.206. The van der Waals surface area contributed by atoms with Crippen molar-refractivity contribution in [1.29, 1.82) is 5.26 Å². The Balaban J connectivity index is 1.95. The summed E-state index contributed by atoms with van der Waals surface area (Å²) in [4.78, 5) is 10.4. The van der Waals surface area contributed by atoms with Crippen LogP contribution in [0, 0.1) is 21.4 Å². The first-order valence-electron chi connectivity index (χ1n) is 9.03. The van der Waals surface area contributed by atoms with Gasteiger partial charge in [-0.3, -0.25) is 10.1 Å². The number of ether oxygens (including phenoxy) is 2. The minimum Gasteiger partial charge on any atom is -0.493 e. The summed E-state index contributed by atoms with van der Waals surface area (Å²) >= 11 is 12.0. The number of benzene rings is 3. The standard InChI is InChI=1S/C23H16Cl2N2O4/c1-30-22-4-2-3-17(23(22)31-14-15-5-10-20(24)21(25)11-15)12-18(13-26)16-6-8-19(9-7-16)27(28)29/h2-12H,14H2,1H3. The van der Waals surface area contributed by atoms with Crippen LogP contribution in [0.15, 0.2) is 60.7 Å². The highest BCUT2D eigenvalue weighted by Gasteiger charge is 2.13. The molecule has 0 aliphatic carbocycles. The molecule has 0 aliphatic heterocycles. The van der Waals surface area contributed by atoms with Gasteiger partial charge in [-0.1, -0.05) is 41.4 Å². The molecule has 0 fully saturated rings. The molecule has 156 valence electrons. The van der Waals surface area contributed by atoms with Crippen molar-refractivity contribution in [3.05, 3.63) is 97.5 Å². The van der Waals surface area contributed by atoms with E-state index in [0.29, 0.717) is 38.2 Å². The van der Waals surface area contributed by atoms with Crippen molar-refractivity contribution >= 4 is 40.5 Å². The minimum absolute atomic E-state index is 0.0481. The Morgan fingerprint density at radius 1 is 1.13 bits per heavy atom. The number of para-hydroxylation sites is 1. The maximum atomic E-state index is 10.9. The van der Waals surface area contributed by atoms with E-state index >= 15 is 0 Å². The highest BCUT2D eigenvalue weighted by atomic mass is 35.5. The molecule has 0 heterocycles. The number of rotatable bonds is 7. The van der Waals surface area contributed by atoms with E-state index in [1.807, 2.05) is 0 Å². The summed E-state index contributed by atoms with van der Waals surface area (Å²) in [6, 6.07) is 18.4. The summed E-state index contributed by atoms with van der Waals surface area (Å²) < 4.78 is 11.4. The van der Waals surface area contributed by atoms with E-state index in [4.69, 9.17) is 32.7 Å². The molecule has 3 aromatic carbocycles. The van der Waals surface area contributed by atoms with Crippen molar-refractivity contribution in [1.82, 2.24) is 0 Å². The van der Waals surface area contributed by atoms with Gasteiger partial charge in [-0.15, -0.1) is 0 Å². The first-order valence-corrected chi connectivity index (χ1v) is 9.79. The van der Waals surface area contributed by atoms with Gasteiger partial charge in [0.2, 0.25) is 0 Å². The van der Waals surface area contributed by atoms with Crippen LogP contribution in [-0.4, -0.2) is 12.0 Å². The Labute approximate surface area is 189 Å². The van der Waals surface area contributed by atoms with Crippen LogP contribution in [0.4, 0.5) is 5.69 Å². The highest BCUT2D eigenvalue weighted by Crippen LogP contribution is 2.35. The Kier molecular flexibility index (Phi) is 7.14. The first-order chi connectivity index (χ1) is 14.9. The smallest absolute Gasteiger partial charge is 0.269 e. The summed E-state index contributed by atoms with van der Waals surface area (Å²) in [5, 5.41) is 21.4. The Morgan fingerprint density at radius 2 is 1.87 bits per heavy atom. The summed E-state index contributed by atoms with van der Waals surface area (Å²) in [6.07, 6.45) is 1.65. The van der Waals surface area contributed by atoms with E-state index in [1.54, 1.807) is 42.5 Å². The maximum Gasteiger partial charge on any atom is 0.269 e.